The molecular formula is C16H28N4O6. The van der Waals surface area contributed by atoms with E-state index < -0.39 is 49.1 Å². The summed E-state index contributed by atoms with van der Waals surface area (Å²) in [6, 6.07) is -2.56. The molecular weight excluding hydrogens is 344 g/mol. The van der Waals surface area contributed by atoms with Gasteiger partial charge in [0.15, 0.2) is 0 Å². The Hall–Kier alpha value is -2.20. The van der Waals surface area contributed by atoms with Crippen molar-refractivity contribution in [1.82, 2.24) is 21.3 Å². The third-order valence-corrected chi connectivity index (χ3v) is 4.40. The van der Waals surface area contributed by atoms with Gasteiger partial charge in [0.2, 0.25) is 17.7 Å². The van der Waals surface area contributed by atoms with Crippen LogP contribution in [0.25, 0.3) is 0 Å². The summed E-state index contributed by atoms with van der Waals surface area (Å²) >= 11 is 0. The summed E-state index contributed by atoms with van der Waals surface area (Å²) < 4.78 is 0. The van der Waals surface area contributed by atoms with Crippen molar-refractivity contribution in [2.75, 3.05) is 19.7 Å². The Balaban J connectivity index is 2.70. The third-order valence-electron chi connectivity index (χ3n) is 4.40. The van der Waals surface area contributed by atoms with Crippen molar-refractivity contribution in [3.05, 3.63) is 0 Å². The number of carbonyl (C=O) groups is 4. The smallest absolute Gasteiger partial charge is 0.322 e. The Morgan fingerprint density at radius 2 is 1.88 bits per heavy atom. The summed E-state index contributed by atoms with van der Waals surface area (Å²) in [6.07, 6.45) is 2.07. The number of aliphatic carboxylic acids is 1. The molecule has 0 aliphatic carbocycles. The van der Waals surface area contributed by atoms with Crippen molar-refractivity contribution < 1.29 is 29.4 Å². The highest BCUT2D eigenvalue weighted by Crippen LogP contribution is 2.09. The maximum Gasteiger partial charge on any atom is 0.322 e. The van der Waals surface area contributed by atoms with E-state index in [1.807, 2.05) is 6.92 Å². The van der Waals surface area contributed by atoms with E-state index in [9.17, 15) is 24.3 Å². The molecule has 0 aromatic rings. The molecule has 0 aromatic carbocycles. The molecule has 148 valence electrons. The van der Waals surface area contributed by atoms with Crippen LogP contribution in [0.3, 0.4) is 0 Å². The van der Waals surface area contributed by atoms with Crippen LogP contribution < -0.4 is 21.3 Å². The number of hydrogen-bond donors (Lipinski definition) is 6. The van der Waals surface area contributed by atoms with Crippen LogP contribution in [0, 0.1) is 5.92 Å². The quantitative estimate of drug-likeness (QED) is 0.258. The second-order valence-electron chi connectivity index (χ2n) is 6.38. The Labute approximate surface area is 152 Å². The lowest BCUT2D eigenvalue weighted by molar-refractivity contribution is -0.139. The van der Waals surface area contributed by atoms with Gasteiger partial charge in [-0.25, -0.2) is 0 Å². The number of aliphatic hydroxyl groups excluding tert-OH is 1. The highest BCUT2D eigenvalue weighted by Gasteiger charge is 2.31. The topological polar surface area (TPSA) is 157 Å². The fourth-order valence-electron chi connectivity index (χ4n) is 2.60. The zero-order valence-corrected chi connectivity index (χ0v) is 15.1. The van der Waals surface area contributed by atoms with Crippen LogP contribution in [-0.4, -0.2) is 71.7 Å². The molecule has 6 N–H and O–H groups in total. The molecule has 0 spiro atoms. The van der Waals surface area contributed by atoms with Gasteiger partial charge < -0.3 is 31.5 Å². The first-order valence-electron chi connectivity index (χ1n) is 8.74. The molecule has 10 nitrogen and oxygen atoms in total. The van der Waals surface area contributed by atoms with Crippen molar-refractivity contribution in [3.8, 4) is 0 Å². The molecule has 0 bridgehead atoms. The van der Waals surface area contributed by atoms with Gasteiger partial charge in [-0.3, -0.25) is 19.2 Å². The molecule has 10 heteroatoms. The summed E-state index contributed by atoms with van der Waals surface area (Å²) in [5.41, 5.74) is 0. The average Bonchev–Trinajstić information content (AvgIpc) is 3.15. The Morgan fingerprint density at radius 1 is 1.19 bits per heavy atom. The Bertz CT molecular complexity index is 521. The van der Waals surface area contributed by atoms with Crippen LogP contribution in [0.4, 0.5) is 0 Å². The van der Waals surface area contributed by atoms with E-state index in [4.69, 9.17) is 5.11 Å². The van der Waals surface area contributed by atoms with Gasteiger partial charge in [0.25, 0.3) is 0 Å². The van der Waals surface area contributed by atoms with Gasteiger partial charge in [-0.15, -0.1) is 0 Å². The lowest BCUT2D eigenvalue weighted by atomic mass is 9.98. The summed E-state index contributed by atoms with van der Waals surface area (Å²) in [6.45, 7) is 3.10. The lowest BCUT2D eigenvalue weighted by Gasteiger charge is -2.26. The zero-order chi connectivity index (χ0) is 19.7. The normalized spacial score (nSPS) is 19.9. The Kier molecular flexibility index (Phi) is 9.00. The molecule has 1 heterocycles. The van der Waals surface area contributed by atoms with Gasteiger partial charge in [-0.05, 0) is 25.3 Å². The number of carboxylic acid groups (broad SMARTS) is 1. The molecule has 1 fully saturated rings. The number of aliphatic hydroxyl groups is 1. The molecule has 3 amide bonds. The van der Waals surface area contributed by atoms with E-state index in [1.54, 1.807) is 6.92 Å². The van der Waals surface area contributed by atoms with E-state index in [0.29, 0.717) is 19.4 Å². The van der Waals surface area contributed by atoms with E-state index >= 15 is 0 Å². The van der Waals surface area contributed by atoms with Crippen molar-refractivity contribution in [2.24, 2.45) is 5.92 Å². The van der Waals surface area contributed by atoms with Gasteiger partial charge in [-0.1, -0.05) is 20.3 Å². The maximum atomic E-state index is 12.4. The maximum absolute atomic E-state index is 12.4. The number of amides is 3. The van der Waals surface area contributed by atoms with Gasteiger partial charge in [0.05, 0.1) is 12.6 Å². The van der Waals surface area contributed by atoms with Crippen molar-refractivity contribution in [3.63, 3.8) is 0 Å². The van der Waals surface area contributed by atoms with E-state index in [0.717, 1.165) is 6.42 Å². The minimum Gasteiger partial charge on any atom is -0.480 e. The number of carbonyl (C=O) groups excluding carboxylic acids is 3. The first-order valence-corrected chi connectivity index (χ1v) is 8.74. The molecule has 1 aliphatic rings. The molecule has 4 unspecified atom stereocenters. The van der Waals surface area contributed by atoms with Crippen molar-refractivity contribution in [1.29, 1.82) is 0 Å². The van der Waals surface area contributed by atoms with E-state index in [1.165, 1.54) is 0 Å². The Morgan fingerprint density at radius 3 is 2.38 bits per heavy atom. The van der Waals surface area contributed by atoms with Crippen LogP contribution in [0.15, 0.2) is 0 Å². The predicted molar refractivity (Wildman–Crippen MR) is 92.1 cm³/mol. The van der Waals surface area contributed by atoms with Gasteiger partial charge in [0, 0.05) is 0 Å². The van der Waals surface area contributed by atoms with Crippen molar-refractivity contribution in [2.45, 2.75) is 51.2 Å². The number of carboxylic acids is 1. The molecule has 26 heavy (non-hydrogen) atoms. The van der Waals surface area contributed by atoms with Gasteiger partial charge >= 0.3 is 5.97 Å². The van der Waals surface area contributed by atoms with Crippen LogP contribution in [-0.2, 0) is 19.2 Å². The minimum atomic E-state index is -1.20. The predicted octanol–water partition coefficient (Wildman–Crippen LogP) is -2.05. The first-order chi connectivity index (χ1) is 12.3. The SMILES string of the molecule is CCC(C)C(NC(=O)C(CO)NC(=O)C1CCCN1)C(=O)NCC(=O)O. The monoisotopic (exact) mass is 372 g/mol. The van der Waals surface area contributed by atoms with Crippen LogP contribution in [0.5, 0.6) is 0 Å². The average molecular weight is 372 g/mol. The zero-order valence-electron chi connectivity index (χ0n) is 15.1. The molecule has 0 aromatic heterocycles. The fourth-order valence-corrected chi connectivity index (χ4v) is 2.60. The minimum absolute atomic E-state index is 0.265. The molecule has 4 atom stereocenters. The standard InChI is InChI=1S/C16H28N4O6/c1-3-9(2)13(16(26)18-7-12(22)23)20-15(25)11(8-21)19-14(24)10-5-4-6-17-10/h9-11,13,17,21H,3-8H2,1-2H3,(H,18,26)(H,19,24)(H,20,25)(H,22,23). The summed E-state index contributed by atoms with van der Waals surface area (Å²) in [5.74, 6) is -3.17. The molecule has 1 rings (SSSR count). The fraction of sp³-hybridized carbons (Fsp3) is 0.750. The number of nitrogens with one attached hydrogen (secondary N) is 4. The van der Waals surface area contributed by atoms with Crippen LogP contribution in [0.2, 0.25) is 0 Å². The summed E-state index contributed by atoms with van der Waals surface area (Å²) in [7, 11) is 0. The number of rotatable bonds is 10. The van der Waals surface area contributed by atoms with Gasteiger partial charge in [0.1, 0.15) is 18.6 Å². The second kappa shape index (κ2) is 10.7. The summed E-state index contributed by atoms with van der Waals surface area (Å²) in [5, 5.41) is 28.3. The molecule has 0 radical (unpaired) electrons. The summed E-state index contributed by atoms with van der Waals surface area (Å²) in [4.78, 5) is 47.3. The first kappa shape index (κ1) is 21.8. The van der Waals surface area contributed by atoms with Crippen LogP contribution >= 0.6 is 0 Å². The molecule has 0 saturated carbocycles. The number of hydrogen-bond acceptors (Lipinski definition) is 6. The lowest BCUT2D eigenvalue weighted by Crippen LogP contribution is -2.58. The van der Waals surface area contributed by atoms with E-state index in [2.05, 4.69) is 21.3 Å². The third kappa shape index (κ3) is 6.60. The second-order valence-corrected chi connectivity index (χ2v) is 6.38. The van der Waals surface area contributed by atoms with Gasteiger partial charge in [-0.2, -0.15) is 0 Å². The molecule has 1 aliphatic heterocycles. The largest absolute Gasteiger partial charge is 0.480 e. The van der Waals surface area contributed by atoms with Crippen LogP contribution in [0.1, 0.15) is 33.1 Å². The highest BCUT2D eigenvalue weighted by atomic mass is 16.4. The van der Waals surface area contributed by atoms with Crippen molar-refractivity contribution >= 4 is 23.7 Å². The highest BCUT2D eigenvalue weighted by molar-refractivity contribution is 5.93. The molecule has 1 saturated heterocycles. The van der Waals surface area contributed by atoms with E-state index in [-0.39, 0.29) is 11.8 Å².